The molecule has 1 aliphatic rings. The van der Waals surface area contributed by atoms with Crippen molar-refractivity contribution in [2.45, 2.75) is 65.1 Å². The van der Waals surface area contributed by atoms with Gasteiger partial charge in [-0.05, 0) is 39.2 Å². The summed E-state index contributed by atoms with van der Waals surface area (Å²) in [6.07, 6.45) is 1.36. The van der Waals surface area contributed by atoms with Crippen molar-refractivity contribution in [2.24, 2.45) is 11.1 Å². The molecule has 2 rings (SSSR count). The summed E-state index contributed by atoms with van der Waals surface area (Å²) in [6, 6.07) is 10.4. The van der Waals surface area contributed by atoms with Gasteiger partial charge in [0, 0.05) is 24.0 Å². The van der Waals surface area contributed by atoms with Crippen LogP contribution in [0.3, 0.4) is 0 Å². The standard InChI is InChI=1S/C19H30N2O2/c1-18(2,3)23-17(22)21-12-11-15(20)19(4,5)16(21)13-14-9-7-6-8-10-14/h6-10,15-16H,11-13,20H2,1-5H3. The number of likely N-dealkylation sites (tertiary alicyclic amines) is 1. The second-order valence-corrected chi connectivity index (χ2v) is 8.10. The molecular formula is C19H30N2O2. The lowest BCUT2D eigenvalue weighted by Crippen LogP contribution is -2.61. The third-order valence-electron chi connectivity index (χ3n) is 4.77. The first-order valence-electron chi connectivity index (χ1n) is 8.40. The topological polar surface area (TPSA) is 55.6 Å². The summed E-state index contributed by atoms with van der Waals surface area (Å²) < 4.78 is 5.62. The average Bonchev–Trinajstić information content (AvgIpc) is 2.43. The molecule has 1 saturated heterocycles. The first kappa shape index (κ1) is 17.8. The van der Waals surface area contributed by atoms with E-state index in [4.69, 9.17) is 10.5 Å². The predicted octanol–water partition coefficient (Wildman–Crippen LogP) is 3.59. The fraction of sp³-hybridized carbons (Fsp3) is 0.632. The summed E-state index contributed by atoms with van der Waals surface area (Å²) in [5.74, 6) is 0. The van der Waals surface area contributed by atoms with Crippen LogP contribution in [0.25, 0.3) is 0 Å². The van der Waals surface area contributed by atoms with Crippen LogP contribution in [-0.2, 0) is 11.2 Å². The number of rotatable bonds is 2. The Morgan fingerprint density at radius 2 is 1.91 bits per heavy atom. The number of hydrogen-bond acceptors (Lipinski definition) is 3. The Labute approximate surface area is 140 Å². The van der Waals surface area contributed by atoms with Crippen molar-refractivity contribution < 1.29 is 9.53 Å². The lowest BCUT2D eigenvalue weighted by atomic mass is 9.71. The van der Waals surface area contributed by atoms with Gasteiger partial charge in [-0.3, -0.25) is 0 Å². The van der Waals surface area contributed by atoms with Gasteiger partial charge in [0.25, 0.3) is 0 Å². The minimum absolute atomic E-state index is 0.0310. The summed E-state index contributed by atoms with van der Waals surface area (Å²) in [7, 11) is 0. The molecule has 1 amide bonds. The van der Waals surface area contributed by atoms with Crippen molar-refractivity contribution in [2.75, 3.05) is 6.54 Å². The molecule has 1 fully saturated rings. The van der Waals surface area contributed by atoms with Crippen molar-refractivity contribution in [1.29, 1.82) is 0 Å². The molecule has 0 bridgehead atoms. The van der Waals surface area contributed by atoms with Crippen LogP contribution < -0.4 is 5.73 Å². The van der Waals surface area contributed by atoms with E-state index in [2.05, 4.69) is 26.0 Å². The number of hydrogen-bond donors (Lipinski definition) is 1. The van der Waals surface area contributed by atoms with Crippen molar-refractivity contribution in [1.82, 2.24) is 4.90 Å². The molecule has 1 aromatic rings. The van der Waals surface area contributed by atoms with E-state index in [0.29, 0.717) is 6.54 Å². The first-order chi connectivity index (χ1) is 10.6. The summed E-state index contributed by atoms with van der Waals surface area (Å²) in [6.45, 7) is 10.7. The lowest BCUT2D eigenvalue weighted by molar-refractivity contribution is -0.0214. The molecule has 1 aromatic carbocycles. The van der Waals surface area contributed by atoms with Crippen LogP contribution >= 0.6 is 0 Å². The van der Waals surface area contributed by atoms with Gasteiger partial charge in [-0.2, -0.15) is 0 Å². The fourth-order valence-corrected chi connectivity index (χ4v) is 3.20. The highest BCUT2D eigenvalue weighted by atomic mass is 16.6. The van der Waals surface area contributed by atoms with Gasteiger partial charge in [0.05, 0.1) is 0 Å². The average molecular weight is 318 g/mol. The minimum Gasteiger partial charge on any atom is -0.444 e. The zero-order valence-electron chi connectivity index (χ0n) is 15.0. The van der Waals surface area contributed by atoms with Crippen molar-refractivity contribution >= 4 is 6.09 Å². The van der Waals surface area contributed by atoms with Gasteiger partial charge < -0.3 is 15.4 Å². The molecular weight excluding hydrogens is 288 g/mol. The van der Waals surface area contributed by atoms with Gasteiger partial charge in [0.1, 0.15) is 5.60 Å². The van der Waals surface area contributed by atoms with Crippen LogP contribution in [0.4, 0.5) is 4.79 Å². The number of amides is 1. The van der Waals surface area contributed by atoms with E-state index in [9.17, 15) is 4.79 Å². The molecule has 2 unspecified atom stereocenters. The van der Waals surface area contributed by atoms with Crippen molar-refractivity contribution in [3.8, 4) is 0 Å². The molecule has 23 heavy (non-hydrogen) atoms. The number of nitrogens with zero attached hydrogens (tertiary/aromatic N) is 1. The molecule has 1 heterocycles. The van der Waals surface area contributed by atoms with Gasteiger partial charge in [-0.25, -0.2) is 4.79 Å². The summed E-state index contributed by atoms with van der Waals surface area (Å²) in [5.41, 5.74) is 6.93. The Morgan fingerprint density at radius 1 is 1.30 bits per heavy atom. The normalized spacial score (nSPS) is 24.3. The number of carbonyl (C=O) groups excluding carboxylic acids is 1. The maximum atomic E-state index is 12.7. The Hall–Kier alpha value is -1.55. The van der Waals surface area contributed by atoms with Crippen LogP contribution in [0.1, 0.15) is 46.6 Å². The van der Waals surface area contributed by atoms with Crippen LogP contribution in [0.15, 0.2) is 30.3 Å². The van der Waals surface area contributed by atoms with Gasteiger partial charge in [0.2, 0.25) is 0 Å². The largest absolute Gasteiger partial charge is 0.444 e. The molecule has 0 saturated carbocycles. The Bertz CT molecular complexity index is 534. The van der Waals surface area contributed by atoms with E-state index in [1.54, 1.807) is 0 Å². The van der Waals surface area contributed by atoms with Gasteiger partial charge >= 0.3 is 6.09 Å². The molecule has 4 heteroatoms. The van der Waals surface area contributed by atoms with Gasteiger partial charge in [-0.15, -0.1) is 0 Å². The van der Waals surface area contributed by atoms with E-state index in [1.807, 2.05) is 43.9 Å². The highest BCUT2D eigenvalue weighted by molar-refractivity contribution is 5.69. The third-order valence-corrected chi connectivity index (χ3v) is 4.77. The van der Waals surface area contributed by atoms with Crippen LogP contribution in [-0.4, -0.2) is 35.2 Å². The van der Waals surface area contributed by atoms with E-state index in [0.717, 1.165) is 12.8 Å². The van der Waals surface area contributed by atoms with E-state index >= 15 is 0 Å². The third kappa shape index (κ3) is 4.25. The monoisotopic (exact) mass is 318 g/mol. The molecule has 1 aliphatic heterocycles. The zero-order valence-corrected chi connectivity index (χ0v) is 15.0. The van der Waals surface area contributed by atoms with Crippen molar-refractivity contribution in [3.05, 3.63) is 35.9 Å². The van der Waals surface area contributed by atoms with Crippen LogP contribution in [0.2, 0.25) is 0 Å². The minimum atomic E-state index is -0.488. The molecule has 0 aliphatic carbocycles. The maximum absolute atomic E-state index is 12.7. The fourth-order valence-electron chi connectivity index (χ4n) is 3.20. The van der Waals surface area contributed by atoms with Crippen LogP contribution in [0.5, 0.6) is 0 Å². The van der Waals surface area contributed by atoms with Gasteiger partial charge in [0.15, 0.2) is 0 Å². The second kappa shape index (κ2) is 6.52. The molecule has 0 spiro atoms. The number of benzene rings is 1. The van der Waals surface area contributed by atoms with E-state index in [1.165, 1.54) is 5.56 Å². The smallest absolute Gasteiger partial charge is 0.410 e. The van der Waals surface area contributed by atoms with Gasteiger partial charge in [-0.1, -0.05) is 44.2 Å². The van der Waals surface area contributed by atoms with E-state index < -0.39 is 5.60 Å². The summed E-state index contributed by atoms with van der Waals surface area (Å²) >= 11 is 0. The molecule has 4 nitrogen and oxygen atoms in total. The maximum Gasteiger partial charge on any atom is 0.410 e. The molecule has 0 radical (unpaired) electrons. The Morgan fingerprint density at radius 3 is 2.48 bits per heavy atom. The second-order valence-electron chi connectivity index (χ2n) is 8.10. The number of nitrogens with two attached hydrogens (primary N) is 1. The molecule has 128 valence electrons. The van der Waals surface area contributed by atoms with Crippen LogP contribution in [0, 0.1) is 5.41 Å². The Balaban J connectivity index is 2.26. The highest BCUT2D eigenvalue weighted by Gasteiger charge is 2.45. The lowest BCUT2D eigenvalue weighted by Gasteiger charge is -2.50. The predicted molar refractivity (Wildman–Crippen MR) is 93.2 cm³/mol. The summed E-state index contributed by atoms with van der Waals surface area (Å²) in [4.78, 5) is 14.5. The first-order valence-corrected chi connectivity index (χ1v) is 8.40. The number of carbonyl (C=O) groups is 1. The number of ether oxygens (including phenoxy) is 1. The Kier molecular flexibility index (Phi) is 5.04. The van der Waals surface area contributed by atoms with Crippen molar-refractivity contribution in [3.63, 3.8) is 0 Å². The number of piperidine rings is 1. The molecule has 2 N–H and O–H groups in total. The molecule has 2 atom stereocenters. The zero-order chi connectivity index (χ0) is 17.3. The molecule has 0 aromatic heterocycles. The highest BCUT2D eigenvalue weighted by Crippen LogP contribution is 2.37. The quantitative estimate of drug-likeness (QED) is 0.906. The SMILES string of the molecule is CC(C)(C)OC(=O)N1CCC(N)C(C)(C)C1Cc1ccccc1. The summed E-state index contributed by atoms with van der Waals surface area (Å²) in [5, 5.41) is 0. The van der Waals surface area contributed by atoms with E-state index in [-0.39, 0.29) is 23.6 Å².